The number of carbonyl (C=O) groups is 1. The molecule has 3 aromatic rings. The number of aromatic amines is 1. The lowest BCUT2D eigenvalue weighted by molar-refractivity contribution is -0.134. The van der Waals surface area contributed by atoms with Crippen LogP contribution in [0.4, 0.5) is 0 Å². The van der Waals surface area contributed by atoms with Crippen LogP contribution in [0.3, 0.4) is 0 Å². The zero-order chi connectivity index (χ0) is 18.4. The van der Waals surface area contributed by atoms with Crippen LogP contribution in [0.5, 0.6) is 0 Å². The third-order valence-electron chi connectivity index (χ3n) is 4.50. The van der Waals surface area contributed by atoms with Gasteiger partial charge in [-0.1, -0.05) is 42.5 Å². The first-order valence-corrected chi connectivity index (χ1v) is 8.79. The third-order valence-corrected chi connectivity index (χ3v) is 4.50. The van der Waals surface area contributed by atoms with Crippen LogP contribution in [-0.4, -0.2) is 24.6 Å². The standard InChI is InChI=1S/C22H24N2O2.BrH/c1-16-19(20-5-3-4-6-21(20)24-16)13-14-23-15-18-9-7-17(8-10-18)11-12-22(25)26-2;/h3-12,23-24H,13-15H2,1-2H3;1H/b12-11+;. The lowest BCUT2D eigenvalue weighted by atomic mass is 10.1. The normalized spacial score (nSPS) is 10.9. The van der Waals surface area contributed by atoms with Gasteiger partial charge in [0.25, 0.3) is 0 Å². The molecule has 1 heterocycles. The summed E-state index contributed by atoms with van der Waals surface area (Å²) >= 11 is 0. The second kappa shape index (κ2) is 10.1. The number of H-pyrrole nitrogens is 1. The number of halogens is 1. The zero-order valence-electron chi connectivity index (χ0n) is 15.6. The number of aryl methyl sites for hydroxylation is 1. The monoisotopic (exact) mass is 428 g/mol. The number of esters is 1. The molecule has 0 fully saturated rings. The molecule has 0 amide bonds. The summed E-state index contributed by atoms with van der Waals surface area (Å²) in [5, 5.41) is 4.82. The molecule has 0 aliphatic rings. The van der Waals surface area contributed by atoms with Crippen LogP contribution in [0.25, 0.3) is 17.0 Å². The minimum absolute atomic E-state index is 0. The van der Waals surface area contributed by atoms with Gasteiger partial charge in [-0.25, -0.2) is 4.79 Å². The molecule has 0 bridgehead atoms. The summed E-state index contributed by atoms with van der Waals surface area (Å²) in [5.41, 5.74) is 6.03. The summed E-state index contributed by atoms with van der Waals surface area (Å²) in [7, 11) is 1.37. The fourth-order valence-corrected chi connectivity index (χ4v) is 3.08. The number of hydrogen-bond donors (Lipinski definition) is 2. The number of ether oxygens (including phenoxy) is 1. The van der Waals surface area contributed by atoms with Crippen molar-refractivity contribution in [2.24, 2.45) is 0 Å². The fraction of sp³-hybridized carbons (Fsp3) is 0.227. The molecular formula is C22H25BrN2O2. The maximum atomic E-state index is 11.1. The van der Waals surface area contributed by atoms with Crippen LogP contribution >= 0.6 is 17.0 Å². The van der Waals surface area contributed by atoms with Gasteiger partial charge >= 0.3 is 5.97 Å². The Bertz CT molecular complexity index is 914. The zero-order valence-corrected chi connectivity index (χ0v) is 17.3. The molecule has 0 atom stereocenters. The van der Waals surface area contributed by atoms with E-state index in [1.807, 2.05) is 12.1 Å². The summed E-state index contributed by atoms with van der Waals surface area (Å²) in [5.74, 6) is -0.344. The van der Waals surface area contributed by atoms with Crippen LogP contribution in [0.1, 0.15) is 22.4 Å². The molecule has 0 spiro atoms. The molecule has 0 aliphatic carbocycles. The Morgan fingerprint density at radius 1 is 1.15 bits per heavy atom. The number of rotatable bonds is 7. The van der Waals surface area contributed by atoms with Gasteiger partial charge in [0, 0.05) is 29.2 Å². The van der Waals surface area contributed by atoms with Crippen molar-refractivity contribution in [3.05, 3.63) is 77.0 Å². The largest absolute Gasteiger partial charge is 0.466 e. The second-order valence-electron chi connectivity index (χ2n) is 6.30. The van der Waals surface area contributed by atoms with Crippen LogP contribution in [0.15, 0.2) is 54.6 Å². The Labute approximate surface area is 170 Å². The van der Waals surface area contributed by atoms with Crippen LogP contribution in [-0.2, 0) is 22.5 Å². The van der Waals surface area contributed by atoms with E-state index in [2.05, 4.69) is 58.4 Å². The molecule has 142 valence electrons. The van der Waals surface area contributed by atoms with Crippen molar-refractivity contribution in [2.45, 2.75) is 19.9 Å². The van der Waals surface area contributed by atoms with E-state index in [0.29, 0.717) is 0 Å². The highest BCUT2D eigenvalue weighted by molar-refractivity contribution is 8.93. The van der Waals surface area contributed by atoms with Crippen molar-refractivity contribution in [3.8, 4) is 0 Å². The maximum Gasteiger partial charge on any atom is 0.330 e. The molecule has 0 radical (unpaired) electrons. The minimum atomic E-state index is -0.344. The topological polar surface area (TPSA) is 54.1 Å². The number of carbonyl (C=O) groups excluding carboxylic acids is 1. The highest BCUT2D eigenvalue weighted by Crippen LogP contribution is 2.21. The highest BCUT2D eigenvalue weighted by Gasteiger charge is 2.07. The van der Waals surface area contributed by atoms with Gasteiger partial charge in [-0.2, -0.15) is 0 Å². The van der Waals surface area contributed by atoms with E-state index in [1.165, 1.54) is 40.9 Å². The minimum Gasteiger partial charge on any atom is -0.466 e. The summed E-state index contributed by atoms with van der Waals surface area (Å²) in [6.07, 6.45) is 4.18. The number of methoxy groups -OCH3 is 1. The van der Waals surface area contributed by atoms with E-state index >= 15 is 0 Å². The summed E-state index contributed by atoms with van der Waals surface area (Å²) in [6.45, 7) is 3.88. The van der Waals surface area contributed by atoms with Gasteiger partial charge in [-0.3, -0.25) is 0 Å². The van der Waals surface area contributed by atoms with E-state index in [4.69, 9.17) is 0 Å². The molecule has 0 saturated carbocycles. The maximum absolute atomic E-state index is 11.1. The summed E-state index contributed by atoms with van der Waals surface area (Å²) < 4.78 is 4.59. The Morgan fingerprint density at radius 2 is 1.89 bits per heavy atom. The molecule has 4 nitrogen and oxygen atoms in total. The average Bonchev–Trinajstić information content (AvgIpc) is 2.99. The number of benzene rings is 2. The molecule has 0 unspecified atom stereocenters. The lowest BCUT2D eigenvalue weighted by Crippen LogP contribution is -2.16. The number of para-hydroxylation sites is 1. The van der Waals surface area contributed by atoms with Crippen LogP contribution in [0, 0.1) is 6.92 Å². The third kappa shape index (κ3) is 5.55. The first kappa shape index (κ1) is 20.9. The van der Waals surface area contributed by atoms with Gasteiger partial charge in [0.15, 0.2) is 0 Å². The lowest BCUT2D eigenvalue weighted by Gasteiger charge is -2.06. The van der Waals surface area contributed by atoms with E-state index in [9.17, 15) is 4.79 Å². The molecule has 0 aliphatic heterocycles. The van der Waals surface area contributed by atoms with Crippen molar-refractivity contribution >= 4 is 39.9 Å². The predicted octanol–water partition coefficient (Wildman–Crippen LogP) is 4.57. The average molecular weight is 429 g/mol. The highest BCUT2D eigenvalue weighted by atomic mass is 79.9. The van der Waals surface area contributed by atoms with Gasteiger partial charge < -0.3 is 15.0 Å². The molecule has 3 rings (SSSR count). The van der Waals surface area contributed by atoms with Gasteiger partial charge in [0.1, 0.15) is 0 Å². The van der Waals surface area contributed by atoms with Gasteiger partial charge in [0.05, 0.1) is 7.11 Å². The van der Waals surface area contributed by atoms with E-state index in [0.717, 1.165) is 25.1 Å². The SMILES string of the molecule is Br.COC(=O)/C=C/c1ccc(CNCCc2c(C)[nH]c3ccccc23)cc1. The van der Waals surface area contributed by atoms with Crippen molar-refractivity contribution in [3.63, 3.8) is 0 Å². The first-order chi connectivity index (χ1) is 12.7. The predicted molar refractivity (Wildman–Crippen MR) is 116 cm³/mol. The molecule has 5 heteroatoms. The number of fused-ring (bicyclic) bond motifs is 1. The van der Waals surface area contributed by atoms with Crippen molar-refractivity contribution in [2.75, 3.05) is 13.7 Å². The smallest absolute Gasteiger partial charge is 0.330 e. The molecule has 1 aromatic heterocycles. The molecule has 0 saturated heterocycles. The van der Waals surface area contributed by atoms with Gasteiger partial charge in [-0.15, -0.1) is 17.0 Å². The van der Waals surface area contributed by atoms with Gasteiger partial charge in [0.2, 0.25) is 0 Å². The molecule has 27 heavy (non-hydrogen) atoms. The Balaban J connectivity index is 0.00000261. The number of aromatic nitrogens is 1. The van der Waals surface area contributed by atoms with Crippen molar-refractivity contribution < 1.29 is 9.53 Å². The van der Waals surface area contributed by atoms with E-state index < -0.39 is 0 Å². The first-order valence-electron chi connectivity index (χ1n) is 8.79. The Hall–Kier alpha value is -2.37. The Kier molecular flexibility index (Phi) is 7.82. The van der Waals surface area contributed by atoms with Crippen LogP contribution < -0.4 is 5.32 Å². The van der Waals surface area contributed by atoms with E-state index in [-0.39, 0.29) is 23.0 Å². The number of nitrogens with one attached hydrogen (secondary N) is 2. The molecule has 2 N–H and O–H groups in total. The Morgan fingerprint density at radius 3 is 2.63 bits per heavy atom. The molecule has 2 aromatic carbocycles. The quantitative estimate of drug-likeness (QED) is 0.329. The fourth-order valence-electron chi connectivity index (χ4n) is 3.08. The summed E-state index contributed by atoms with van der Waals surface area (Å²) in [4.78, 5) is 14.6. The van der Waals surface area contributed by atoms with Crippen molar-refractivity contribution in [1.29, 1.82) is 0 Å². The number of hydrogen-bond acceptors (Lipinski definition) is 3. The van der Waals surface area contributed by atoms with Crippen molar-refractivity contribution in [1.82, 2.24) is 10.3 Å². The van der Waals surface area contributed by atoms with E-state index in [1.54, 1.807) is 6.08 Å². The van der Waals surface area contributed by atoms with Crippen LogP contribution in [0.2, 0.25) is 0 Å². The van der Waals surface area contributed by atoms with Gasteiger partial charge in [-0.05, 0) is 48.7 Å². The molecular weight excluding hydrogens is 404 g/mol. The summed E-state index contributed by atoms with van der Waals surface area (Å²) in [6, 6.07) is 16.6. The second-order valence-corrected chi connectivity index (χ2v) is 6.30.